The molecule has 184 valence electrons. The lowest BCUT2D eigenvalue weighted by atomic mass is 9.47. The van der Waals surface area contributed by atoms with E-state index in [0.29, 0.717) is 21.2 Å². The van der Waals surface area contributed by atoms with Crippen LogP contribution in [0.1, 0.15) is 11.1 Å². The highest BCUT2D eigenvalue weighted by Gasteiger charge is 2.89. The van der Waals surface area contributed by atoms with Crippen molar-refractivity contribution in [2.45, 2.75) is 11.2 Å². The minimum absolute atomic E-state index is 0.0876. The Morgan fingerprint density at radius 2 is 1.03 bits per heavy atom. The summed E-state index contributed by atoms with van der Waals surface area (Å²) in [4.78, 5) is 53.2. The predicted molar refractivity (Wildman–Crippen MR) is 128 cm³/mol. The van der Waals surface area contributed by atoms with E-state index in [1.807, 2.05) is 0 Å². The lowest BCUT2D eigenvalue weighted by molar-refractivity contribution is -0.260. The molecule has 0 saturated heterocycles. The number of methoxy groups -OCH3 is 2. The minimum atomic E-state index is -2.20. The molecule has 0 N–H and O–H groups in total. The van der Waals surface area contributed by atoms with E-state index >= 15 is 0 Å². The lowest BCUT2D eigenvalue weighted by Crippen LogP contribution is -2.84. The second-order valence-electron chi connectivity index (χ2n) is 8.44. The van der Waals surface area contributed by atoms with Gasteiger partial charge < -0.3 is 18.9 Å². The molecule has 0 amide bonds. The van der Waals surface area contributed by atoms with E-state index < -0.39 is 46.5 Å². The first-order valence-corrected chi connectivity index (χ1v) is 11.5. The van der Waals surface area contributed by atoms with Crippen molar-refractivity contribution in [3.8, 4) is 0 Å². The third-order valence-electron chi connectivity index (χ3n) is 6.73. The molecular formula is C26H18Cl2O8. The summed E-state index contributed by atoms with van der Waals surface area (Å²) in [5.41, 5.74) is -3.45. The first kappa shape index (κ1) is 24.1. The molecule has 0 aromatic heterocycles. The Labute approximate surface area is 215 Å². The first-order chi connectivity index (χ1) is 17.2. The lowest BCUT2D eigenvalue weighted by Gasteiger charge is -2.58. The number of hydrogen-bond acceptors (Lipinski definition) is 8. The van der Waals surface area contributed by atoms with Gasteiger partial charge in [0.15, 0.2) is 0 Å². The van der Waals surface area contributed by atoms with Gasteiger partial charge in [-0.2, -0.15) is 0 Å². The van der Waals surface area contributed by atoms with E-state index in [4.69, 9.17) is 42.1 Å². The van der Waals surface area contributed by atoms with Crippen LogP contribution in [0.3, 0.4) is 0 Å². The van der Waals surface area contributed by atoms with Crippen LogP contribution in [0.15, 0.2) is 60.7 Å². The summed E-state index contributed by atoms with van der Waals surface area (Å²) in [6.45, 7) is 0. The average Bonchev–Trinajstić information content (AvgIpc) is 3.42. The zero-order chi connectivity index (χ0) is 25.8. The summed E-state index contributed by atoms with van der Waals surface area (Å²) in [5, 5.41) is 0.922. The Kier molecular flexibility index (Phi) is 5.69. The fourth-order valence-electron chi connectivity index (χ4n) is 5.12. The van der Waals surface area contributed by atoms with Crippen molar-refractivity contribution in [2.75, 3.05) is 14.2 Å². The maximum absolute atomic E-state index is 13.7. The van der Waals surface area contributed by atoms with Crippen LogP contribution in [-0.4, -0.2) is 48.9 Å². The molecule has 36 heavy (non-hydrogen) atoms. The van der Waals surface area contributed by atoms with Crippen LogP contribution in [0.5, 0.6) is 0 Å². The van der Waals surface area contributed by atoms with Crippen molar-refractivity contribution in [3.05, 3.63) is 81.9 Å². The van der Waals surface area contributed by atoms with Crippen LogP contribution in [0.2, 0.25) is 10.0 Å². The van der Waals surface area contributed by atoms with Crippen LogP contribution in [0.4, 0.5) is 0 Å². The maximum Gasteiger partial charge on any atom is 0.314 e. The Morgan fingerprint density at radius 3 is 1.33 bits per heavy atom. The van der Waals surface area contributed by atoms with Crippen LogP contribution in [0, 0.1) is 11.8 Å². The molecule has 0 radical (unpaired) electrons. The fraction of sp³-hybridized carbons (Fsp3) is 0.231. The summed E-state index contributed by atoms with van der Waals surface area (Å²) in [5.74, 6) is -6.13. The largest absolute Gasteiger partial charge is 0.473 e. The standard InChI is InChI=1S/C26H18Cl2O8/c1-33-23(31)21-22(24(32)34-2)26(20(30)12-18(36-26)14-5-9-16(28)10-6-14)25(21)19(29)11-17(35-25)13-3-7-15(27)8-4-13/h3-12,21-22H,1-2H3/t21-,22-,25-,26-/m1/s1. The van der Waals surface area contributed by atoms with E-state index in [1.165, 1.54) is 12.2 Å². The molecule has 1 aliphatic carbocycles. The molecule has 8 nitrogen and oxygen atoms in total. The van der Waals surface area contributed by atoms with Gasteiger partial charge in [-0.3, -0.25) is 19.2 Å². The summed E-state index contributed by atoms with van der Waals surface area (Å²) < 4.78 is 22.1. The maximum atomic E-state index is 13.7. The van der Waals surface area contributed by atoms with Gasteiger partial charge in [-0.15, -0.1) is 0 Å². The van der Waals surface area contributed by atoms with Crippen LogP contribution >= 0.6 is 23.2 Å². The molecule has 1 saturated carbocycles. The number of fused-ring (bicyclic) bond motifs is 1. The zero-order valence-corrected chi connectivity index (χ0v) is 20.5. The van der Waals surface area contributed by atoms with Crippen LogP contribution < -0.4 is 0 Å². The molecule has 2 aliphatic heterocycles. The van der Waals surface area contributed by atoms with Gasteiger partial charge in [0.1, 0.15) is 23.4 Å². The molecule has 2 aromatic carbocycles. The number of carbonyl (C=O) groups excluding carboxylic acids is 4. The molecule has 5 rings (SSSR count). The number of carbonyl (C=O) groups is 4. The fourth-order valence-corrected chi connectivity index (χ4v) is 5.37. The molecule has 10 heteroatoms. The number of ketones is 2. The number of benzene rings is 2. The third kappa shape index (κ3) is 3.14. The van der Waals surface area contributed by atoms with Crippen molar-refractivity contribution >= 4 is 58.2 Å². The van der Waals surface area contributed by atoms with E-state index in [2.05, 4.69) is 0 Å². The molecule has 3 aliphatic rings. The highest BCUT2D eigenvalue weighted by atomic mass is 35.5. The van der Waals surface area contributed by atoms with Crippen molar-refractivity contribution in [2.24, 2.45) is 11.8 Å². The molecule has 1 fully saturated rings. The zero-order valence-electron chi connectivity index (χ0n) is 19.0. The topological polar surface area (TPSA) is 105 Å². The monoisotopic (exact) mass is 528 g/mol. The normalized spacial score (nSPS) is 28.2. The molecule has 2 heterocycles. The smallest absolute Gasteiger partial charge is 0.314 e. The van der Waals surface area contributed by atoms with Gasteiger partial charge in [0.2, 0.25) is 22.8 Å². The highest BCUT2D eigenvalue weighted by Crippen LogP contribution is 2.64. The van der Waals surface area contributed by atoms with Gasteiger partial charge >= 0.3 is 11.9 Å². The number of esters is 2. The Hall–Kier alpha value is -3.62. The van der Waals surface area contributed by atoms with Gasteiger partial charge in [-0.25, -0.2) is 0 Å². The summed E-state index contributed by atoms with van der Waals surface area (Å²) in [6, 6.07) is 12.9. The average molecular weight is 529 g/mol. The van der Waals surface area contributed by atoms with Crippen molar-refractivity contribution in [1.29, 1.82) is 0 Å². The van der Waals surface area contributed by atoms with E-state index in [9.17, 15) is 19.2 Å². The van der Waals surface area contributed by atoms with Crippen LogP contribution in [0.25, 0.3) is 11.5 Å². The minimum Gasteiger partial charge on any atom is -0.473 e. The number of halogens is 2. The van der Waals surface area contributed by atoms with Crippen molar-refractivity contribution in [1.82, 2.24) is 0 Å². The van der Waals surface area contributed by atoms with Crippen molar-refractivity contribution in [3.63, 3.8) is 0 Å². The molecule has 2 spiro atoms. The molecular weight excluding hydrogens is 511 g/mol. The van der Waals surface area contributed by atoms with Gasteiger partial charge in [0, 0.05) is 33.3 Å². The molecule has 0 bridgehead atoms. The quantitative estimate of drug-likeness (QED) is 0.553. The number of rotatable bonds is 4. The number of ether oxygens (including phenoxy) is 4. The van der Waals surface area contributed by atoms with Gasteiger partial charge in [0.25, 0.3) is 0 Å². The Morgan fingerprint density at radius 1 is 0.694 bits per heavy atom. The Balaban J connectivity index is 1.64. The van der Waals surface area contributed by atoms with Gasteiger partial charge in [0.05, 0.1) is 14.2 Å². The number of hydrogen-bond donors (Lipinski definition) is 0. The summed E-state index contributed by atoms with van der Waals surface area (Å²) in [7, 11) is 2.22. The first-order valence-electron chi connectivity index (χ1n) is 10.8. The van der Waals surface area contributed by atoms with E-state index in [-0.39, 0.29) is 11.5 Å². The van der Waals surface area contributed by atoms with Gasteiger partial charge in [-0.05, 0) is 48.5 Å². The van der Waals surface area contributed by atoms with Crippen molar-refractivity contribution < 1.29 is 38.1 Å². The molecule has 4 atom stereocenters. The third-order valence-corrected chi connectivity index (χ3v) is 7.23. The Bertz CT molecular complexity index is 1260. The second-order valence-corrected chi connectivity index (χ2v) is 9.31. The van der Waals surface area contributed by atoms with Gasteiger partial charge in [-0.1, -0.05) is 23.2 Å². The summed E-state index contributed by atoms with van der Waals surface area (Å²) >= 11 is 12.0. The second kappa shape index (κ2) is 8.50. The SMILES string of the molecule is COC(=O)[C@H]1[C@H](C(=O)OC)[C@@]2(OC(c3ccc(Cl)cc3)=CC2=O)[C@]12OC(c1ccc(Cl)cc1)=CC2=O. The predicted octanol–water partition coefficient (Wildman–Crippen LogP) is 3.64. The van der Waals surface area contributed by atoms with E-state index in [0.717, 1.165) is 14.2 Å². The molecule has 0 unspecified atom stereocenters. The highest BCUT2D eigenvalue weighted by molar-refractivity contribution is 6.31. The van der Waals surface area contributed by atoms with E-state index in [1.54, 1.807) is 48.5 Å². The van der Waals surface area contributed by atoms with Crippen LogP contribution in [-0.2, 0) is 38.1 Å². The summed E-state index contributed by atoms with van der Waals surface area (Å²) in [6.07, 6.45) is 2.34. The molecule has 2 aromatic rings.